The molecule has 0 radical (unpaired) electrons. The molecule has 0 aliphatic carbocycles. The molecule has 0 saturated carbocycles. The van der Waals surface area contributed by atoms with Crippen molar-refractivity contribution in [2.75, 3.05) is 17.3 Å². The molecule has 0 aromatic heterocycles. The highest BCUT2D eigenvalue weighted by Gasteiger charge is 2.37. The highest BCUT2D eigenvalue weighted by Crippen LogP contribution is 2.37. The van der Waals surface area contributed by atoms with Crippen molar-refractivity contribution in [3.63, 3.8) is 0 Å². The summed E-state index contributed by atoms with van der Waals surface area (Å²) >= 11 is 1.32. The Balaban J connectivity index is 3.16. The molecule has 26 heavy (non-hydrogen) atoms. The number of nitrogens with one attached hydrogen (secondary N) is 2. The number of alkyl halides is 6. The Morgan fingerprint density at radius 3 is 1.96 bits per heavy atom. The number of primary amides is 1. The fourth-order valence-corrected chi connectivity index (χ4v) is 2.40. The zero-order chi connectivity index (χ0) is 20.1. The molecule has 5 nitrogen and oxygen atoms in total. The van der Waals surface area contributed by atoms with Crippen molar-refractivity contribution in [2.45, 2.75) is 24.8 Å². The van der Waals surface area contributed by atoms with Gasteiger partial charge in [-0.25, -0.2) is 4.79 Å². The van der Waals surface area contributed by atoms with Crippen LogP contribution in [0.25, 0.3) is 0 Å². The van der Waals surface area contributed by atoms with Crippen molar-refractivity contribution in [2.24, 2.45) is 5.73 Å². The standard InChI is InChI=1S/C14H15F6N3O2S/c1-26-3-2-10(23-12(21)25)11(24)22-9-5-7(13(15,16)17)4-8(6-9)14(18,19)20/h4-6,10H,2-3H2,1H3,(H,22,24)(H3,21,23,25). The third kappa shape index (κ3) is 6.65. The number of carbonyl (C=O) groups is 2. The van der Waals surface area contributed by atoms with Crippen LogP contribution in [0.4, 0.5) is 36.8 Å². The van der Waals surface area contributed by atoms with Crippen LogP contribution in [0.3, 0.4) is 0 Å². The number of halogens is 6. The summed E-state index contributed by atoms with van der Waals surface area (Å²) < 4.78 is 76.9. The van der Waals surface area contributed by atoms with Crippen LogP contribution in [0.2, 0.25) is 0 Å². The summed E-state index contributed by atoms with van der Waals surface area (Å²) in [6, 6.07) is -1.55. The van der Waals surface area contributed by atoms with Crippen LogP contribution in [-0.4, -0.2) is 30.0 Å². The minimum Gasteiger partial charge on any atom is -0.352 e. The van der Waals surface area contributed by atoms with Gasteiger partial charge in [-0.05, 0) is 36.6 Å². The molecule has 0 spiro atoms. The lowest BCUT2D eigenvalue weighted by Crippen LogP contribution is -2.46. The van der Waals surface area contributed by atoms with Crippen LogP contribution in [0.15, 0.2) is 18.2 Å². The molecule has 1 unspecified atom stereocenters. The largest absolute Gasteiger partial charge is 0.416 e. The maximum absolute atomic E-state index is 12.8. The third-order valence-corrected chi connectivity index (χ3v) is 3.74. The second kappa shape index (κ2) is 8.52. The second-order valence-electron chi connectivity index (χ2n) is 5.13. The van der Waals surface area contributed by atoms with Gasteiger partial charge >= 0.3 is 18.4 Å². The number of carbonyl (C=O) groups excluding carboxylic acids is 2. The quantitative estimate of drug-likeness (QED) is 0.636. The topological polar surface area (TPSA) is 84.2 Å². The summed E-state index contributed by atoms with van der Waals surface area (Å²) in [5.41, 5.74) is 1.10. The molecule has 0 heterocycles. The SMILES string of the molecule is CSCCC(NC(N)=O)C(=O)Nc1cc(C(F)(F)F)cc(C(F)(F)F)c1. The summed E-state index contributed by atoms with van der Waals surface area (Å²) in [7, 11) is 0. The van der Waals surface area contributed by atoms with Gasteiger partial charge in [0.25, 0.3) is 0 Å². The van der Waals surface area contributed by atoms with E-state index < -0.39 is 47.1 Å². The molecule has 3 amide bonds. The summed E-state index contributed by atoms with van der Waals surface area (Å²) in [6.07, 6.45) is -8.28. The van der Waals surface area contributed by atoms with E-state index in [9.17, 15) is 35.9 Å². The highest BCUT2D eigenvalue weighted by atomic mass is 32.2. The Morgan fingerprint density at radius 2 is 1.58 bits per heavy atom. The molecular formula is C14H15F6N3O2S. The van der Waals surface area contributed by atoms with Crippen LogP contribution in [0.5, 0.6) is 0 Å². The Bertz CT molecular complexity index is 631. The van der Waals surface area contributed by atoms with Gasteiger partial charge in [0, 0.05) is 5.69 Å². The zero-order valence-corrected chi connectivity index (χ0v) is 14.1. The van der Waals surface area contributed by atoms with E-state index in [1.54, 1.807) is 6.26 Å². The number of benzene rings is 1. The number of nitrogens with two attached hydrogens (primary N) is 1. The van der Waals surface area contributed by atoms with Crippen LogP contribution < -0.4 is 16.4 Å². The zero-order valence-electron chi connectivity index (χ0n) is 13.3. The van der Waals surface area contributed by atoms with E-state index >= 15 is 0 Å². The fraction of sp³-hybridized carbons (Fsp3) is 0.429. The van der Waals surface area contributed by atoms with E-state index in [0.717, 1.165) is 0 Å². The molecule has 0 fully saturated rings. The van der Waals surface area contributed by atoms with Crippen molar-refractivity contribution >= 4 is 29.4 Å². The maximum Gasteiger partial charge on any atom is 0.416 e. The van der Waals surface area contributed by atoms with Gasteiger partial charge in [0.2, 0.25) is 5.91 Å². The van der Waals surface area contributed by atoms with Crippen LogP contribution in [-0.2, 0) is 17.1 Å². The molecule has 0 saturated heterocycles. The number of anilines is 1. The summed E-state index contributed by atoms with van der Waals surface area (Å²) in [5, 5.41) is 4.06. The first-order valence-corrected chi connectivity index (χ1v) is 8.39. The molecule has 1 aromatic rings. The summed E-state index contributed by atoms with van der Waals surface area (Å²) in [4.78, 5) is 23.1. The van der Waals surface area contributed by atoms with Gasteiger partial charge in [0.15, 0.2) is 0 Å². The van der Waals surface area contributed by atoms with Gasteiger partial charge in [0.05, 0.1) is 11.1 Å². The van der Waals surface area contributed by atoms with E-state index in [1.807, 2.05) is 5.32 Å². The molecule has 1 atom stereocenters. The number of hydrogen-bond acceptors (Lipinski definition) is 3. The molecule has 1 aromatic carbocycles. The van der Waals surface area contributed by atoms with Crippen molar-refractivity contribution in [1.29, 1.82) is 0 Å². The Morgan fingerprint density at radius 1 is 1.08 bits per heavy atom. The van der Waals surface area contributed by atoms with Gasteiger partial charge in [-0.3, -0.25) is 4.79 Å². The third-order valence-electron chi connectivity index (χ3n) is 3.10. The van der Waals surface area contributed by atoms with Gasteiger partial charge in [-0.2, -0.15) is 38.1 Å². The predicted octanol–water partition coefficient (Wildman–Crippen LogP) is 3.45. The first-order valence-electron chi connectivity index (χ1n) is 7.00. The van der Waals surface area contributed by atoms with E-state index in [2.05, 4.69) is 5.32 Å². The summed E-state index contributed by atoms with van der Waals surface area (Å²) in [5.74, 6) is -0.584. The van der Waals surface area contributed by atoms with Gasteiger partial charge in [-0.1, -0.05) is 0 Å². The van der Waals surface area contributed by atoms with Crippen molar-refractivity contribution < 1.29 is 35.9 Å². The number of rotatable bonds is 6. The van der Waals surface area contributed by atoms with Crippen molar-refractivity contribution in [3.8, 4) is 0 Å². The fourth-order valence-electron chi connectivity index (χ4n) is 1.93. The first kappa shape index (κ1) is 21.9. The minimum atomic E-state index is -5.04. The van der Waals surface area contributed by atoms with Crippen LogP contribution in [0.1, 0.15) is 17.5 Å². The van der Waals surface area contributed by atoms with Crippen LogP contribution >= 0.6 is 11.8 Å². The number of urea groups is 1. The van der Waals surface area contributed by atoms with Gasteiger partial charge < -0.3 is 16.4 Å². The second-order valence-corrected chi connectivity index (χ2v) is 6.11. The molecular weight excluding hydrogens is 388 g/mol. The average molecular weight is 403 g/mol. The number of amides is 3. The van der Waals surface area contributed by atoms with E-state index in [1.165, 1.54) is 11.8 Å². The Hall–Kier alpha value is -2.11. The highest BCUT2D eigenvalue weighted by molar-refractivity contribution is 7.98. The van der Waals surface area contributed by atoms with Crippen molar-refractivity contribution in [1.82, 2.24) is 5.32 Å². The molecule has 0 aliphatic rings. The molecule has 12 heteroatoms. The van der Waals surface area contributed by atoms with Gasteiger partial charge in [0.1, 0.15) is 6.04 Å². The molecule has 0 aliphatic heterocycles. The number of hydrogen-bond donors (Lipinski definition) is 3. The molecule has 0 bridgehead atoms. The lowest BCUT2D eigenvalue weighted by Gasteiger charge is -2.19. The van der Waals surface area contributed by atoms with Crippen LogP contribution in [0, 0.1) is 0 Å². The summed E-state index contributed by atoms with van der Waals surface area (Å²) in [6.45, 7) is 0. The molecule has 4 N–H and O–H groups in total. The first-order chi connectivity index (χ1) is 11.8. The van der Waals surface area contributed by atoms with E-state index in [4.69, 9.17) is 5.73 Å². The van der Waals surface area contributed by atoms with E-state index in [-0.39, 0.29) is 12.5 Å². The normalized spacial score (nSPS) is 13.2. The number of thioether (sulfide) groups is 1. The lowest BCUT2D eigenvalue weighted by atomic mass is 10.1. The molecule has 146 valence electrons. The Labute approximate surface area is 148 Å². The minimum absolute atomic E-state index is 0.0531. The lowest BCUT2D eigenvalue weighted by molar-refractivity contribution is -0.143. The van der Waals surface area contributed by atoms with Gasteiger partial charge in [-0.15, -0.1) is 0 Å². The average Bonchev–Trinajstić information content (AvgIpc) is 2.49. The maximum atomic E-state index is 12.8. The van der Waals surface area contributed by atoms with E-state index in [0.29, 0.717) is 17.9 Å². The smallest absolute Gasteiger partial charge is 0.352 e. The van der Waals surface area contributed by atoms with Crippen molar-refractivity contribution in [3.05, 3.63) is 29.3 Å². The predicted molar refractivity (Wildman–Crippen MR) is 84.6 cm³/mol. The Kier molecular flexibility index (Phi) is 7.18. The molecule has 1 rings (SSSR count). The monoisotopic (exact) mass is 403 g/mol.